The van der Waals surface area contributed by atoms with Crippen molar-refractivity contribution >= 4 is 11.9 Å². The van der Waals surface area contributed by atoms with Crippen LogP contribution in [0.15, 0.2) is 0 Å². The summed E-state index contributed by atoms with van der Waals surface area (Å²) in [5.74, 6) is -1.22. The second-order valence-corrected chi connectivity index (χ2v) is 4.72. The second kappa shape index (κ2) is 3.20. The lowest BCUT2D eigenvalue weighted by Crippen LogP contribution is -2.66. The molecule has 1 spiro atoms. The van der Waals surface area contributed by atoms with E-state index in [2.05, 4.69) is 5.32 Å². The molecular weight excluding hydrogens is 198 g/mol. The molecule has 1 saturated carbocycles. The Morgan fingerprint density at radius 3 is 2.47 bits per heavy atom. The quantitative estimate of drug-likeness (QED) is 0.684. The van der Waals surface area contributed by atoms with Gasteiger partial charge < -0.3 is 15.2 Å². The highest BCUT2D eigenvalue weighted by molar-refractivity contribution is 5.87. The van der Waals surface area contributed by atoms with Gasteiger partial charge in [-0.3, -0.25) is 4.79 Å². The third-order valence-electron chi connectivity index (χ3n) is 3.36. The molecule has 1 heterocycles. The Hall–Kier alpha value is -1.10. The minimum absolute atomic E-state index is 0.000833. The molecule has 0 atom stereocenters. The van der Waals surface area contributed by atoms with E-state index in [0.29, 0.717) is 26.1 Å². The van der Waals surface area contributed by atoms with E-state index in [0.717, 1.165) is 6.42 Å². The van der Waals surface area contributed by atoms with E-state index < -0.39 is 11.5 Å². The molecule has 2 fully saturated rings. The molecule has 2 rings (SSSR count). The first-order valence-corrected chi connectivity index (χ1v) is 5.08. The van der Waals surface area contributed by atoms with Crippen LogP contribution in [0.3, 0.4) is 0 Å². The van der Waals surface area contributed by atoms with Crippen LogP contribution in [-0.2, 0) is 14.3 Å². The number of carboxylic acid groups (broad SMARTS) is 1. The van der Waals surface area contributed by atoms with Crippen LogP contribution in [0.25, 0.3) is 0 Å². The Morgan fingerprint density at radius 2 is 2.07 bits per heavy atom. The maximum absolute atomic E-state index is 11.1. The van der Waals surface area contributed by atoms with Gasteiger partial charge in [0, 0.05) is 18.9 Å². The van der Waals surface area contributed by atoms with Crippen molar-refractivity contribution in [3.63, 3.8) is 0 Å². The van der Waals surface area contributed by atoms with Gasteiger partial charge in [0.2, 0.25) is 5.91 Å². The van der Waals surface area contributed by atoms with E-state index >= 15 is 0 Å². The summed E-state index contributed by atoms with van der Waals surface area (Å²) in [6, 6.07) is 0. The zero-order chi connectivity index (χ0) is 11.1. The fraction of sp³-hybridized carbons (Fsp3) is 0.800. The summed E-state index contributed by atoms with van der Waals surface area (Å²) in [4.78, 5) is 22.1. The SMILES string of the molecule is CC(=O)NC1(C(=O)O)CC2(CCOC2)C1. The molecule has 0 radical (unpaired) electrons. The number of hydrogen-bond donors (Lipinski definition) is 2. The maximum Gasteiger partial charge on any atom is 0.329 e. The molecule has 2 N–H and O–H groups in total. The molecular formula is C10H15NO4. The molecule has 0 aromatic heterocycles. The highest BCUT2D eigenvalue weighted by atomic mass is 16.5. The molecule has 1 aliphatic carbocycles. The Morgan fingerprint density at radius 1 is 1.40 bits per heavy atom. The Bertz CT molecular complexity index is 299. The third kappa shape index (κ3) is 1.61. The lowest BCUT2D eigenvalue weighted by molar-refractivity contribution is -0.159. The molecule has 1 saturated heterocycles. The molecule has 0 bridgehead atoms. The van der Waals surface area contributed by atoms with Gasteiger partial charge in [0.25, 0.3) is 0 Å². The van der Waals surface area contributed by atoms with Crippen molar-refractivity contribution in [2.75, 3.05) is 13.2 Å². The Balaban J connectivity index is 2.06. The third-order valence-corrected chi connectivity index (χ3v) is 3.36. The fourth-order valence-electron chi connectivity index (χ4n) is 2.79. The Kier molecular flexibility index (Phi) is 2.22. The number of carbonyl (C=O) groups is 2. The highest BCUT2D eigenvalue weighted by Gasteiger charge is 2.60. The van der Waals surface area contributed by atoms with Gasteiger partial charge in [0.05, 0.1) is 6.61 Å². The number of aliphatic carboxylic acids is 1. The maximum atomic E-state index is 11.1. The molecule has 2 aliphatic rings. The first-order chi connectivity index (χ1) is 6.98. The van der Waals surface area contributed by atoms with E-state index in [-0.39, 0.29) is 11.3 Å². The molecule has 5 nitrogen and oxygen atoms in total. The number of amides is 1. The number of hydrogen-bond acceptors (Lipinski definition) is 3. The van der Waals surface area contributed by atoms with Crippen molar-refractivity contribution in [3.8, 4) is 0 Å². The summed E-state index contributed by atoms with van der Waals surface area (Å²) in [6.45, 7) is 2.68. The molecule has 5 heteroatoms. The zero-order valence-electron chi connectivity index (χ0n) is 8.71. The van der Waals surface area contributed by atoms with Gasteiger partial charge in [-0.15, -0.1) is 0 Å². The average molecular weight is 213 g/mol. The first-order valence-electron chi connectivity index (χ1n) is 5.08. The van der Waals surface area contributed by atoms with E-state index in [9.17, 15) is 9.59 Å². The molecule has 0 unspecified atom stereocenters. The van der Waals surface area contributed by atoms with Crippen molar-refractivity contribution in [3.05, 3.63) is 0 Å². The molecule has 0 aromatic rings. The summed E-state index contributed by atoms with van der Waals surface area (Å²) in [5, 5.41) is 11.7. The molecule has 1 aliphatic heterocycles. The summed E-state index contributed by atoms with van der Waals surface area (Å²) >= 11 is 0. The zero-order valence-corrected chi connectivity index (χ0v) is 8.71. The predicted octanol–water partition coefficient (Wildman–Crippen LogP) is 0.146. The highest BCUT2D eigenvalue weighted by Crippen LogP contribution is 2.53. The first kappa shape index (κ1) is 10.4. The van der Waals surface area contributed by atoms with Crippen LogP contribution < -0.4 is 5.32 Å². The van der Waals surface area contributed by atoms with Crippen LogP contribution in [0.5, 0.6) is 0 Å². The van der Waals surface area contributed by atoms with Crippen LogP contribution in [0.2, 0.25) is 0 Å². The Labute approximate surface area is 87.8 Å². The number of carbonyl (C=O) groups excluding carboxylic acids is 1. The number of nitrogens with one attached hydrogen (secondary N) is 1. The summed E-state index contributed by atoms with van der Waals surface area (Å²) in [5.41, 5.74) is -1.04. The number of carboxylic acids is 1. The average Bonchev–Trinajstić information content (AvgIpc) is 2.49. The van der Waals surface area contributed by atoms with Crippen LogP contribution in [0, 0.1) is 5.41 Å². The van der Waals surface area contributed by atoms with Crippen LogP contribution in [-0.4, -0.2) is 35.7 Å². The normalized spacial score (nSPS) is 38.7. The number of rotatable bonds is 2. The van der Waals surface area contributed by atoms with Crippen LogP contribution >= 0.6 is 0 Å². The van der Waals surface area contributed by atoms with Crippen molar-refractivity contribution in [2.45, 2.75) is 31.7 Å². The minimum Gasteiger partial charge on any atom is -0.480 e. The van der Waals surface area contributed by atoms with Gasteiger partial charge in [-0.05, 0) is 19.3 Å². The molecule has 84 valence electrons. The smallest absolute Gasteiger partial charge is 0.329 e. The summed E-state index contributed by atoms with van der Waals surface area (Å²) < 4.78 is 5.27. The van der Waals surface area contributed by atoms with Crippen LogP contribution in [0.4, 0.5) is 0 Å². The van der Waals surface area contributed by atoms with Gasteiger partial charge in [0.1, 0.15) is 5.54 Å². The van der Waals surface area contributed by atoms with Crippen molar-refractivity contribution in [1.82, 2.24) is 5.32 Å². The fourth-order valence-corrected chi connectivity index (χ4v) is 2.79. The van der Waals surface area contributed by atoms with Crippen molar-refractivity contribution in [2.24, 2.45) is 5.41 Å². The largest absolute Gasteiger partial charge is 0.480 e. The standard InChI is InChI=1S/C10H15NO4/c1-7(12)11-10(8(13)14)4-9(5-10)2-3-15-6-9/h2-6H2,1H3,(H,11,12)(H,13,14). The van der Waals surface area contributed by atoms with E-state index in [1.807, 2.05) is 0 Å². The minimum atomic E-state index is -1.04. The van der Waals surface area contributed by atoms with Gasteiger partial charge >= 0.3 is 5.97 Å². The molecule has 1 amide bonds. The monoisotopic (exact) mass is 213 g/mol. The van der Waals surface area contributed by atoms with Gasteiger partial charge in [-0.1, -0.05) is 0 Å². The summed E-state index contributed by atoms with van der Waals surface area (Å²) in [7, 11) is 0. The van der Waals surface area contributed by atoms with Gasteiger partial charge in [-0.2, -0.15) is 0 Å². The van der Waals surface area contributed by atoms with Crippen LogP contribution in [0.1, 0.15) is 26.2 Å². The van der Waals surface area contributed by atoms with Gasteiger partial charge in [-0.25, -0.2) is 4.79 Å². The second-order valence-electron chi connectivity index (χ2n) is 4.72. The lowest BCUT2D eigenvalue weighted by atomic mass is 9.57. The van der Waals surface area contributed by atoms with Crippen molar-refractivity contribution in [1.29, 1.82) is 0 Å². The molecule has 15 heavy (non-hydrogen) atoms. The van der Waals surface area contributed by atoms with E-state index in [4.69, 9.17) is 9.84 Å². The summed E-state index contributed by atoms with van der Waals surface area (Å²) in [6.07, 6.45) is 1.89. The van der Waals surface area contributed by atoms with Gasteiger partial charge in [0.15, 0.2) is 0 Å². The van der Waals surface area contributed by atoms with E-state index in [1.165, 1.54) is 6.92 Å². The molecule has 0 aromatic carbocycles. The topological polar surface area (TPSA) is 75.6 Å². The number of ether oxygens (including phenoxy) is 1. The van der Waals surface area contributed by atoms with E-state index in [1.54, 1.807) is 0 Å². The van der Waals surface area contributed by atoms with Crippen molar-refractivity contribution < 1.29 is 19.4 Å². The predicted molar refractivity (Wildman–Crippen MR) is 51.3 cm³/mol. The lowest BCUT2D eigenvalue weighted by Gasteiger charge is -2.51.